The molecule has 0 unspecified atom stereocenters. The van der Waals surface area contributed by atoms with Gasteiger partial charge in [-0.15, -0.1) is 0 Å². The first-order valence-corrected chi connectivity index (χ1v) is 5.93. The minimum atomic E-state index is -3.52. The van der Waals surface area contributed by atoms with E-state index in [0.29, 0.717) is 11.3 Å². The second kappa shape index (κ2) is 4.95. The Morgan fingerprint density at radius 2 is 1.88 bits per heavy atom. The number of benzene rings is 1. The second-order valence-electron chi connectivity index (χ2n) is 3.08. The molecule has 6 nitrogen and oxygen atoms in total. The number of aliphatic carboxylic acids is 1. The van der Waals surface area contributed by atoms with Crippen molar-refractivity contribution >= 4 is 21.9 Å². The molecule has 0 spiro atoms. The zero-order chi connectivity index (χ0) is 12.2. The lowest BCUT2D eigenvalue weighted by atomic mass is 10.1. The molecule has 0 aliphatic carbocycles. The highest BCUT2D eigenvalue weighted by atomic mass is 32.2. The van der Waals surface area contributed by atoms with Gasteiger partial charge in [-0.3, -0.25) is 9.52 Å². The van der Waals surface area contributed by atoms with Crippen LogP contribution in [0.2, 0.25) is 0 Å². The maximum Gasteiger partial charge on any atom is 0.307 e. The van der Waals surface area contributed by atoms with Crippen molar-refractivity contribution in [1.82, 2.24) is 4.72 Å². The minimum absolute atomic E-state index is 0.0843. The number of anilines is 1. The summed E-state index contributed by atoms with van der Waals surface area (Å²) in [5, 5.41) is 8.54. The molecular formula is C9H12N2O4S. The van der Waals surface area contributed by atoms with Gasteiger partial charge in [-0.1, -0.05) is 12.1 Å². The normalized spacial score (nSPS) is 11.1. The maximum atomic E-state index is 11.1. The van der Waals surface area contributed by atoms with Crippen molar-refractivity contribution in [1.29, 1.82) is 0 Å². The van der Waals surface area contributed by atoms with E-state index in [4.69, 9.17) is 5.11 Å². The van der Waals surface area contributed by atoms with Gasteiger partial charge >= 0.3 is 5.97 Å². The van der Waals surface area contributed by atoms with Crippen molar-refractivity contribution in [3.8, 4) is 0 Å². The predicted octanol–water partition coefficient (Wildman–Crippen LogP) is 0.190. The maximum absolute atomic E-state index is 11.1. The Morgan fingerprint density at radius 3 is 2.31 bits per heavy atom. The van der Waals surface area contributed by atoms with Gasteiger partial charge in [-0.25, -0.2) is 4.72 Å². The molecule has 3 N–H and O–H groups in total. The lowest BCUT2D eigenvalue weighted by Crippen LogP contribution is -2.26. The van der Waals surface area contributed by atoms with Crippen LogP contribution >= 0.6 is 0 Å². The van der Waals surface area contributed by atoms with Crippen LogP contribution in [0.4, 0.5) is 5.69 Å². The zero-order valence-electron chi connectivity index (χ0n) is 8.60. The van der Waals surface area contributed by atoms with Crippen LogP contribution in [0.5, 0.6) is 0 Å². The van der Waals surface area contributed by atoms with Crippen molar-refractivity contribution in [2.75, 3.05) is 11.8 Å². The molecule has 0 heterocycles. The summed E-state index contributed by atoms with van der Waals surface area (Å²) in [4.78, 5) is 10.4. The van der Waals surface area contributed by atoms with Gasteiger partial charge in [0, 0.05) is 12.7 Å². The highest BCUT2D eigenvalue weighted by Gasteiger charge is 2.06. The van der Waals surface area contributed by atoms with Crippen molar-refractivity contribution in [3.05, 3.63) is 29.8 Å². The molecule has 0 aromatic heterocycles. The third kappa shape index (κ3) is 3.87. The van der Waals surface area contributed by atoms with Crippen LogP contribution in [-0.2, 0) is 21.4 Å². The minimum Gasteiger partial charge on any atom is -0.481 e. The zero-order valence-corrected chi connectivity index (χ0v) is 9.41. The molecule has 1 aromatic rings. The quantitative estimate of drug-likeness (QED) is 0.689. The molecule has 1 rings (SSSR count). The van der Waals surface area contributed by atoms with E-state index in [2.05, 4.69) is 9.44 Å². The topological polar surface area (TPSA) is 95.5 Å². The fraction of sp³-hybridized carbons (Fsp3) is 0.222. The summed E-state index contributed by atoms with van der Waals surface area (Å²) >= 11 is 0. The predicted molar refractivity (Wildman–Crippen MR) is 59.4 cm³/mol. The van der Waals surface area contributed by atoms with E-state index in [1.165, 1.54) is 19.2 Å². The number of hydrogen-bond acceptors (Lipinski definition) is 3. The molecular weight excluding hydrogens is 232 g/mol. The van der Waals surface area contributed by atoms with Gasteiger partial charge in [-0.2, -0.15) is 8.42 Å². The average Bonchev–Trinajstić information content (AvgIpc) is 2.20. The first kappa shape index (κ1) is 12.5. The molecule has 0 saturated carbocycles. The molecule has 0 atom stereocenters. The standard InChI is InChI=1S/C9H12N2O4S/c1-10-16(14,15)11-8-4-2-7(3-5-8)6-9(12)13/h2-5,10-11H,6H2,1H3,(H,12,13). The van der Waals surface area contributed by atoms with Gasteiger partial charge < -0.3 is 5.11 Å². The third-order valence-electron chi connectivity index (χ3n) is 1.83. The van der Waals surface area contributed by atoms with Gasteiger partial charge in [0.1, 0.15) is 0 Å². The van der Waals surface area contributed by atoms with Crippen molar-refractivity contribution < 1.29 is 18.3 Å². The summed E-state index contributed by atoms with van der Waals surface area (Å²) in [5.74, 6) is -0.927. The summed E-state index contributed by atoms with van der Waals surface area (Å²) < 4.78 is 26.6. The lowest BCUT2D eigenvalue weighted by Gasteiger charge is -2.06. The van der Waals surface area contributed by atoms with Gasteiger partial charge in [-0.05, 0) is 17.7 Å². The van der Waals surface area contributed by atoms with Crippen LogP contribution in [0, 0.1) is 0 Å². The molecule has 0 amide bonds. The van der Waals surface area contributed by atoms with Gasteiger partial charge in [0.25, 0.3) is 10.2 Å². The Morgan fingerprint density at radius 1 is 1.31 bits per heavy atom. The van der Waals surface area contributed by atoms with E-state index in [-0.39, 0.29) is 6.42 Å². The van der Waals surface area contributed by atoms with E-state index in [1.807, 2.05) is 0 Å². The van der Waals surface area contributed by atoms with Crippen LogP contribution in [-0.4, -0.2) is 26.5 Å². The molecule has 0 saturated heterocycles. The molecule has 0 aliphatic heterocycles. The average molecular weight is 244 g/mol. The Bertz CT molecular complexity index is 467. The Balaban J connectivity index is 2.76. The van der Waals surface area contributed by atoms with Crippen molar-refractivity contribution in [2.45, 2.75) is 6.42 Å². The van der Waals surface area contributed by atoms with Crippen molar-refractivity contribution in [3.63, 3.8) is 0 Å². The molecule has 88 valence electrons. The smallest absolute Gasteiger partial charge is 0.307 e. The monoisotopic (exact) mass is 244 g/mol. The number of hydrogen-bond donors (Lipinski definition) is 3. The summed E-state index contributed by atoms with van der Waals surface area (Å²) in [5.41, 5.74) is 0.989. The number of nitrogens with one attached hydrogen (secondary N) is 2. The Labute approximate surface area is 93.5 Å². The fourth-order valence-corrected chi connectivity index (χ4v) is 1.62. The van der Waals surface area contributed by atoms with E-state index in [0.717, 1.165) is 0 Å². The van der Waals surface area contributed by atoms with Crippen LogP contribution in [0.15, 0.2) is 24.3 Å². The van der Waals surface area contributed by atoms with E-state index in [1.54, 1.807) is 12.1 Å². The van der Waals surface area contributed by atoms with Crippen LogP contribution in [0.3, 0.4) is 0 Å². The number of carboxylic acids is 1. The molecule has 7 heteroatoms. The van der Waals surface area contributed by atoms with Crippen LogP contribution in [0.25, 0.3) is 0 Å². The highest BCUT2D eigenvalue weighted by molar-refractivity contribution is 7.90. The van der Waals surface area contributed by atoms with E-state index < -0.39 is 16.2 Å². The van der Waals surface area contributed by atoms with Crippen molar-refractivity contribution in [2.24, 2.45) is 0 Å². The summed E-state index contributed by atoms with van der Waals surface area (Å²) in [6, 6.07) is 6.13. The molecule has 1 aromatic carbocycles. The summed E-state index contributed by atoms with van der Waals surface area (Å²) in [7, 11) is -2.23. The first-order chi connectivity index (χ1) is 7.43. The SMILES string of the molecule is CNS(=O)(=O)Nc1ccc(CC(=O)O)cc1. The van der Waals surface area contributed by atoms with Crippen LogP contribution in [0.1, 0.15) is 5.56 Å². The first-order valence-electron chi connectivity index (χ1n) is 4.45. The molecule has 0 aliphatic rings. The number of carboxylic acid groups (broad SMARTS) is 1. The molecule has 0 bridgehead atoms. The van der Waals surface area contributed by atoms with E-state index in [9.17, 15) is 13.2 Å². The van der Waals surface area contributed by atoms with Gasteiger partial charge in [0.05, 0.1) is 6.42 Å². The number of rotatable bonds is 5. The van der Waals surface area contributed by atoms with Gasteiger partial charge in [0.15, 0.2) is 0 Å². The highest BCUT2D eigenvalue weighted by Crippen LogP contribution is 2.11. The lowest BCUT2D eigenvalue weighted by molar-refractivity contribution is -0.136. The number of carbonyl (C=O) groups is 1. The second-order valence-corrected chi connectivity index (χ2v) is 4.70. The van der Waals surface area contributed by atoms with E-state index >= 15 is 0 Å². The largest absolute Gasteiger partial charge is 0.481 e. The Kier molecular flexibility index (Phi) is 3.86. The summed E-state index contributed by atoms with van der Waals surface area (Å²) in [6.45, 7) is 0. The molecule has 16 heavy (non-hydrogen) atoms. The Hall–Kier alpha value is -1.60. The van der Waals surface area contributed by atoms with Crippen LogP contribution < -0.4 is 9.44 Å². The fourth-order valence-electron chi connectivity index (χ4n) is 1.07. The summed E-state index contributed by atoms with van der Waals surface area (Å²) in [6.07, 6.45) is -0.0843. The molecule has 0 fully saturated rings. The van der Waals surface area contributed by atoms with Gasteiger partial charge in [0.2, 0.25) is 0 Å². The third-order valence-corrected chi connectivity index (χ3v) is 2.87. The molecule has 0 radical (unpaired) electrons.